The van der Waals surface area contributed by atoms with Gasteiger partial charge in [-0.25, -0.2) is 4.98 Å². The van der Waals surface area contributed by atoms with Crippen LogP contribution in [0.4, 0.5) is 5.69 Å². The Bertz CT molecular complexity index is 791. The van der Waals surface area contributed by atoms with Gasteiger partial charge < -0.3 is 14.5 Å². The lowest BCUT2D eigenvalue weighted by Gasteiger charge is -2.11. The van der Waals surface area contributed by atoms with Gasteiger partial charge in [-0.05, 0) is 36.8 Å². The number of amides is 1. The van der Waals surface area contributed by atoms with Crippen LogP contribution in [0.5, 0.6) is 5.75 Å². The van der Waals surface area contributed by atoms with Crippen molar-refractivity contribution in [3.05, 3.63) is 53.9 Å². The van der Waals surface area contributed by atoms with Crippen molar-refractivity contribution in [2.75, 3.05) is 5.32 Å². The standard InChI is InChI=1S/C17H16N2O3/c1-11-7-8-14(18-12(2)20)16(9-11)21-10-17-19-13-5-3-4-6-15(13)22-17/h3-9H,10H2,1-2H3,(H,18,20). The van der Waals surface area contributed by atoms with Gasteiger partial charge in [-0.1, -0.05) is 18.2 Å². The number of aromatic nitrogens is 1. The molecule has 5 heteroatoms. The largest absolute Gasteiger partial charge is 0.482 e. The average Bonchev–Trinajstić information content (AvgIpc) is 2.90. The van der Waals surface area contributed by atoms with E-state index in [0.717, 1.165) is 16.7 Å². The van der Waals surface area contributed by atoms with Gasteiger partial charge in [-0.3, -0.25) is 4.79 Å². The van der Waals surface area contributed by atoms with Crippen molar-refractivity contribution in [2.24, 2.45) is 0 Å². The minimum Gasteiger partial charge on any atom is -0.482 e. The molecular weight excluding hydrogens is 280 g/mol. The van der Waals surface area contributed by atoms with Gasteiger partial charge in [0, 0.05) is 6.92 Å². The molecule has 1 amide bonds. The first-order valence-electron chi connectivity index (χ1n) is 6.97. The Labute approximate surface area is 127 Å². The number of anilines is 1. The molecular formula is C17H16N2O3. The highest BCUT2D eigenvalue weighted by Gasteiger charge is 2.09. The van der Waals surface area contributed by atoms with E-state index in [-0.39, 0.29) is 12.5 Å². The number of hydrogen-bond acceptors (Lipinski definition) is 4. The van der Waals surface area contributed by atoms with Gasteiger partial charge in [0.2, 0.25) is 11.8 Å². The molecule has 0 unspecified atom stereocenters. The summed E-state index contributed by atoms with van der Waals surface area (Å²) in [7, 11) is 0. The Kier molecular flexibility index (Phi) is 3.78. The number of fused-ring (bicyclic) bond motifs is 1. The predicted octanol–water partition coefficient (Wildman–Crippen LogP) is 3.67. The van der Waals surface area contributed by atoms with Crippen molar-refractivity contribution in [2.45, 2.75) is 20.5 Å². The average molecular weight is 296 g/mol. The highest BCUT2D eigenvalue weighted by Crippen LogP contribution is 2.27. The predicted molar refractivity (Wildman–Crippen MR) is 83.8 cm³/mol. The van der Waals surface area contributed by atoms with Crippen LogP contribution in [0, 0.1) is 6.92 Å². The van der Waals surface area contributed by atoms with Crippen molar-refractivity contribution in [1.29, 1.82) is 0 Å². The number of nitrogens with zero attached hydrogens (tertiary/aromatic N) is 1. The zero-order chi connectivity index (χ0) is 15.5. The van der Waals surface area contributed by atoms with E-state index in [0.29, 0.717) is 17.3 Å². The van der Waals surface area contributed by atoms with Gasteiger partial charge in [-0.2, -0.15) is 0 Å². The molecule has 0 aliphatic carbocycles. The van der Waals surface area contributed by atoms with Crippen molar-refractivity contribution in [1.82, 2.24) is 4.98 Å². The van der Waals surface area contributed by atoms with Crippen LogP contribution in [0.25, 0.3) is 11.1 Å². The van der Waals surface area contributed by atoms with E-state index in [1.165, 1.54) is 6.92 Å². The van der Waals surface area contributed by atoms with Crippen LogP contribution < -0.4 is 10.1 Å². The summed E-state index contributed by atoms with van der Waals surface area (Å²) in [6.07, 6.45) is 0. The van der Waals surface area contributed by atoms with Gasteiger partial charge >= 0.3 is 0 Å². The molecule has 3 aromatic rings. The van der Waals surface area contributed by atoms with E-state index >= 15 is 0 Å². The summed E-state index contributed by atoms with van der Waals surface area (Å²) in [5, 5.41) is 2.75. The van der Waals surface area contributed by atoms with Crippen LogP contribution >= 0.6 is 0 Å². The first kappa shape index (κ1) is 14.1. The third-order valence-electron chi connectivity index (χ3n) is 3.14. The van der Waals surface area contributed by atoms with Gasteiger partial charge in [0.1, 0.15) is 11.3 Å². The molecule has 0 bridgehead atoms. The minimum absolute atomic E-state index is 0.143. The van der Waals surface area contributed by atoms with Crippen LogP contribution in [0.15, 0.2) is 46.9 Å². The summed E-state index contributed by atoms with van der Waals surface area (Å²) in [5.74, 6) is 0.949. The second-order valence-electron chi connectivity index (χ2n) is 5.04. The smallest absolute Gasteiger partial charge is 0.233 e. The van der Waals surface area contributed by atoms with Crippen molar-refractivity contribution in [3.63, 3.8) is 0 Å². The van der Waals surface area contributed by atoms with E-state index in [1.807, 2.05) is 49.4 Å². The maximum Gasteiger partial charge on any atom is 0.233 e. The minimum atomic E-state index is -0.143. The van der Waals surface area contributed by atoms with Crippen LogP contribution in [0.3, 0.4) is 0 Å². The topological polar surface area (TPSA) is 64.4 Å². The Balaban J connectivity index is 1.80. The van der Waals surface area contributed by atoms with Crippen LogP contribution in [0.2, 0.25) is 0 Å². The Morgan fingerprint density at radius 1 is 1.27 bits per heavy atom. The SMILES string of the molecule is CC(=O)Nc1ccc(C)cc1OCc1nc2ccccc2o1. The Morgan fingerprint density at radius 2 is 2.09 bits per heavy atom. The number of ether oxygens (including phenoxy) is 1. The number of hydrogen-bond donors (Lipinski definition) is 1. The third-order valence-corrected chi connectivity index (χ3v) is 3.14. The number of benzene rings is 2. The van der Waals surface area contributed by atoms with Crippen molar-refractivity contribution < 1.29 is 13.9 Å². The van der Waals surface area contributed by atoms with E-state index in [2.05, 4.69) is 10.3 Å². The monoisotopic (exact) mass is 296 g/mol. The van der Waals surface area contributed by atoms with Crippen molar-refractivity contribution >= 4 is 22.7 Å². The molecule has 22 heavy (non-hydrogen) atoms. The number of carbonyl (C=O) groups is 1. The normalized spacial score (nSPS) is 10.6. The summed E-state index contributed by atoms with van der Waals surface area (Å²) >= 11 is 0. The number of rotatable bonds is 4. The fraction of sp³-hybridized carbons (Fsp3) is 0.176. The zero-order valence-corrected chi connectivity index (χ0v) is 12.4. The highest BCUT2D eigenvalue weighted by atomic mass is 16.5. The van der Waals surface area contributed by atoms with E-state index in [4.69, 9.17) is 9.15 Å². The fourth-order valence-electron chi connectivity index (χ4n) is 2.16. The van der Waals surface area contributed by atoms with Crippen molar-refractivity contribution in [3.8, 4) is 5.75 Å². The molecule has 0 saturated carbocycles. The van der Waals surface area contributed by atoms with Gasteiger partial charge in [-0.15, -0.1) is 0 Å². The molecule has 1 N–H and O–H groups in total. The molecule has 1 aromatic heterocycles. The molecule has 0 spiro atoms. The van der Waals surface area contributed by atoms with Gasteiger partial charge in [0.15, 0.2) is 12.2 Å². The molecule has 0 saturated heterocycles. The molecule has 5 nitrogen and oxygen atoms in total. The van der Waals surface area contributed by atoms with E-state index in [9.17, 15) is 4.79 Å². The quantitative estimate of drug-likeness (QED) is 0.797. The second kappa shape index (κ2) is 5.89. The lowest BCUT2D eigenvalue weighted by molar-refractivity contribution is -0.114. The molecule has 0 aliphatic heterocycles. The molecule has 112 valence electrons. The molecule has 0 aliphatic rings. The lowest BCUT2D eigenvalue weighted by atomic mass is 10.2. The molecule has 2 aromatic carbocycles. The van der Waals surface area contributed by atoms with Gasteiger partial charge in [0.05, 0.1) is 5.69 Å². The van der Waals surface area contributed by atoms with E-state index < -0.39 is 0 Å². The van der Waals surface area contributed by atoms with E-state index in [1.54, 1.807) is 0 Å². The number of oxazole rings is 1. The van der Waals surface area contributed by atoms with Gasteiger partial charge in [0.25, 0.3) is 0 Å². The molecule has 3 rings (SSSR count). The third kappa shape index (κ3) is 3.09. The maximum atomic E-state index is 11.2. The summed E-state index contributed by atoms with van der Waals surface area (Å²) < 4.78 is 11.4. The van der Waals surface area contributed by atoms with Crippen LogP contribution in [-0.2, 0) is 11.4 Å². The maximum absolute atomic E-state index is 11.2. The Morgan fingerprint density at radius 3 is 2.86 bits per heavy atom. The number of para-hydroxylation sites is 2. The first-order chi connectivity index (χ1) is 10.6. The second-order valence-corrected chi connectivity index (χ2v) is 5.04. The number of aryl methyl sites for hydroxylation is 1. The molecule has 1 heterocycles. The number of carbonyl (C=O) groups excluding carboxylic acids is 1. The summed E-state index contributed by atoms with van der Waals surface area (Å²) in [5.41, 5.74) is 3.20. The first-order valence-corrected chi connectivity index (χ1v) is 6.97. The molecule has 0 fully saturated rings. The van der Waals surface area contributed by atoms with Crippen LogP contribution in [-0.4, -0.2) is 10.9 Å². The number of nitrogens with one attached hydrogen (secondary N) is 1. The summed E-state index contributed by atoms with van der Waals surface area (Å²) in [4.78, 5) is 15.6. The fourth-order valence-corrected chi connectivity index (χ4v) is 2.16. The van der Waals surface area contributed by atoms with Crippen LogP contribution in [0.1, 0.15) is 18.4 Å². The summed E-state index contributed by atoms with van der Waals surface area (Å²) in [6, 6.07) is 13.2. The zero-order valence-electron chi connectivity index (χ0n) is 12.4. The lowest BCUT2D eigenvalue weighted by Crippen LogP contribution is -2.08. The highest BCUT2D eigenvalue weighted by molar-refractivity contribution is 5.90. The molecule has 0 atom stereocenters. The Hall–Kier alpha value is -2.82. The molecule has 0 radical (unpaired) electrons. The summed E-state index contributed by atoms with van der Waals surface area (Å²) in [6.45, 7) is 3.62.